The van der Waals surface area contributed by atoms with Gasteiger partial charge in [0.1, 0.15) is 29.5 Å². The molecule has 3 aliphatic rings. The molecule has 238 valence electrons. The van der Waals surface area contributed by atoms with Gasteiger partial charge in [-0.3, -0.25) is 14.6 Å². The molecule has 2 amide bonds. The molecule has 0 radical (unpaired) electrons. The number of amides is 2. The maximum absolute atomic E-state index is 13.7. The summed E-state index contributed by atoms with van der Waals surface area (Å²) >= 11 is 0. The average molecular weight is 639 g/mol. The van der Waals surface area contributed by atoms with Gasteiger partial charge in [0.2, 0.25) is 5.91 Å². The maximum Gasteiger partial charge on any atom is 0.586 e. The van der Waals surface area contributed by atoms with Crippen molar-refractivity contribution >= 4 is 22.7 Å². The highest BCUT2D eigenvalue weighted by atomic mass is 19.3. The zero-order valence-electron chi connectivity index (χ0n) is 24.2. The quantitative estimate of drug-likeness (QED) is 0.233. The van der Waals surface area contributed by atoms with E-state index in [-0.39, 0.29) is 53.3 Å². The summed E-state index contributed by atoms with van der Waals surface area (Å²) in [5, 5.41) is 3.36. The van der Waals surface area contributed by atoms with Gasteiger partial charge in [-0.05, 0) is 73.7 Å². The van der Waals surface area contributed by atoms with Gasteiger partial charge in [-0.1, -0.05) is 0 Å². The van der Waals surface area contributed by atoms with Crippen molar-refractivity contribution in [2.75, 3.05) is 13.2 Å². The molecule has 4 aromatic rings. The summed E-state index contributed by atoms with van der Waals surface area (Å²) in [6, 6.07) is 10.4. The number of halogens is 4. The second-order valence-corrected chi connectivity index (χ2v) is 11.5. The number of benzene rings is 2. The summed E-state index contributed by atoms with van der Waals surface area (Å²) in [4.78, 5) is 34.8. The third-order valence-electron chi connectivity index (χ3n) is 8.23. The number of aromatic nitrogens is 2. The molecule has 7 rings (SSSR count). The summed E-state index contributed by atoms with van der Waals surface area (Å²) in [6.45, 7) is -1.22. The summed E-state index contributed by atoms with van der Waals surface area (Å²) in [6.07, 6.45) is -0.577. The van der Waals surface area contributed by atoms with E-state index in [4.69, 9.17) is 15.5 Å². The largest absolute Gasteiger partial charge is 0.586 e. The number of carbonyl (C=O) groups excluding carboxylic acids is 2. The number of hydrogen-bond acceptors (Lipinski definition) is 8. The van der Waals surface area contributed by atoms with Gasteiger partial charge in [0, 0.05) is 46.4 Å². The molecular weight excluding hydrogens is 612 g/mol. The fraction of sp³-hybridized carbons (Fsp3) is 0.312. The Balaban J connectivity index is 1.22. The predicted octanol–water partition coefficient (Wildman–Crippen LogP) is 5.41. The lowest BCUT2D eigenvalue weighted by atomic mass is 9.92. The van der Waals surface area contributed by atoms with Crippen LogP contribution in [0.2, 0.25) is 0 Å². The minimum absolute atomic E-state index is 0.0183. The van der Waals surface area contributed by atoms with Crippen molar-refractivity contribution in [3.63, 3.8) is 0 Å². The van der Waals surface area contributed by atoms with Crippen LogP contribution in [0.15, 0.2) is 48.7 Å². The summed E-state index contributed by atoms with van der Waals surface area (Å²) in [5.74, 6) is -2.33. The Hall–Kier alpha value is -5.14. The molecule has 14 heteroatoms. The second-order valence-electron chi connectivity index (χ2n) is 11.5. The number of fused-ring (bicyclic) bond motifs is 3. The van der Waals surface area contributed by atoms with Gasteiger partial charge >= 0.3 is 12.9 Å². The van der Waals surface area contributed by atoms with Crippen molar-refractivity contribution in [1.29, 1.82) is 0 Å². The Labute approximate surface area is 258 Å². The molecule has 2 unspecified atom stereocenters. The molecule has 2 aromatic heterocycles. The van der Waals surface area contributed by atoms with Crippen LogP contribution in [0.4, 0.5) is 17.6 Å². The second kappa shape index (κ2) is 11.0. The van der Waals surface area contributed by atoms with E-state index >= 15 is 0 Å². The lowest BCUT2D eigenvalue weighted by Crippen LogP contribution is -2.30. The number of carbonyl (C=O) groups is 2. The molecule has 1 fully saturated rings. The third kappa shape index (κ3) is 5.59. The van der Waals surface area contributed by atoms with Crippen molar-refractivity contribution in [3.05, 3.63) is 71.0 Å². The molecule has 3 N–H and O–H groups in total. The third-order valence-corrected chi connectivity index (χ3v) is 8.23. The lowest BCUT2D eigenvalue weighted by Gasteiger charge is -2.20. The molecule has 1 aliphatic carbocycles. The molecular formula is C32H26F4N4O6. The van der Waals surface area contributed by atoms with Crippen LogP contribution in [0.25, 0.3) is 22.2 Å². The average Bonchev–Trinajstić information content (AvgIpc) is 3.65. The van der Waals surface area contributed by atoms with Crippen LogP contribution in [0, 0.1) is 12.8 Å². The van der Waals surface area contributed by atoms with E-state index in [0.29, 0.717) is 33.7 Å². The lowest BCUT2D eigenvalue weighted by molar-refractivity contribution is -0.286. The molecule has 2 aliphatic heterocycles. The minimum atomic E-state index is -3.81. The molecule has 2 atom stereocenters. The smallest absolute Gasteiger partial charge is 0.490 e. The van der Waals surface area contributed by atoms with Crippen molar-refractivity contribution < 1.29 is 46.1 Å². The number of pyridine rings is 2. The Morgan fingerprint density at radius 3 is 2.63 bits per heavy atom. The van der Waals surface area contributed by atoms with Gasteiger partial charge in [-0.25, -0.2) is 4.98 Å². The van der Waals surface area contributed by atoms with Crippen molar-refractivity contribution in [3.8, 4) is 34.3 Å². The number of hydrogen-bond donors (Lipinski definition) is 2. The predicted molar refractivity (Wildman–Crippen MR) is 154 cm³/mol. The standard InChI is InChI=1S/C32H26F4N4O6/c1-14-6-17-7-18(9-25(44-31(33)34)26(17)38-11-14)30(42)39-12-20(15-2-3-15)22-10-19-21(29(37)41)13-43-28(19)27(40-22)16-4-5-23-24(8-16)46-32(35,36)45-23/h4-11,15,20-21,31H,2-3,12-13H2,1H3,(H2,37,41)(H,39,42). The molecule has 0 saturated heterocycles. The van der Waals surface area contributed by atoms with Gasteiger partial charge in [0.05, 0.1) is 0 Å². The first kappa shape index (κ1) is 29.6. The normalized spacial score (nSPS) is 18.3. The maximum atomic E-state index is 13.7. The topological polar surface area (TPSA) is 135 Å². The van der Waals surface area contributed by atoms with Crippen LogP contribution >= 0.6 is 0 Å². The van der Waals surface area contributed by atoms with Gasteiger partial charge in [-0.2, -0.15) is 8.78 Å². The van der Waals surface area contributed by atoms with E-state index in [0.717, 1.165) is 18.4 Å². The highest BCUT2D eigenvalue weighted by Gasteiger charge is 2.44. The zero-order chi connectivity index (χ0) is 32.3. The van der Waals surface area contributed by atoms with Crippen LogP contribution in [0.3, 0.4) is 0 Å². The van der Waals surface area contributed by atoms with E-state index in [9.17, 15) is 27.2 Å². The first-order chi connectivity index (χ1) is 22.0. The number of nitrogens with one attached hydrogen (secondary N) is 1. The molecule has 0 spiro atoms. The van der Waals surface area contributed by atoms with Crippen LogP contribution < -0.4 is 30.0 Å². The molecule has 10 nitrogen and oxygen atoms in total. The molecule has 1 saturated carbocycles. The van der Waals surface area contributed by atoms with E-state index < -0.39 is 30.6 Å². The monoisotopic (exact) mass is 638 g/mol. The number of primary amides is 1. The van der Waals surface area contributed by atoms with E-state index in [1.165, 1.54) is 30.5 Å². The number of alkyl halides is 4. The summed E-state index contributed by atoms with van der Waals surface area (Å²) in [5.41, 5.74) is 8.47. The number of nitrogens with zero attached hydrogens (tertiary/aromatic N) is 2. The van der Waals surface area contributed by atoms with E-state index in [2.05, 4.69) is 24.5 Å². The zero-order valence-corrected chi connectivity index (χ0v) is 24.2. The van der Waals surface area contributed by atoms with Gasteiger partial charge < -0.3 is 30.0 Å². The Morgan fingerprint density at radius 1 is 1.11 bits per heavy atom. The fourth-order valence-electron chi connectivity index (χ4n) is 5.92. The Bertz CT molecular complexity index is 1900. The van der Waals surface area contributed by atoms with Crippen LogP contribution in [-0.4, -0.2) is 47.8 Å². The summed E-state index contributed by atoms with van der Waals surface area (Å²) in [7, 11) is 0. The van der Waals surface area contributed by atoms with E-state index in [1.807, 2.05) is 0 Å². The molecule has 0 bridgehead atoms. The van der Waals surface area contributed by atoms with Gasteiger partial charge in [0.25, 0.3) is 5.91 Å². The number of aryl methyl sites for hydroxylation is 1. The Morgan fingerprint density at radius 2 is 1.89 bits per heavy atom. The SMILES string of the molecule is Cc1cnc2c(OC(F)F)cc(C(=O)NCC(c3cc4c(c(-c5ccc6c(c5)OC(F)(F)O6)n3)OCC4C(N)=O)C3CC3)cc2c1. The first-order valence-corrected chi connectivity index (χ1v) is 14.5. The number of nitrogens with two attached hydrogens (primary N) is 1. The number of ether oxygens (including phenoxy) is 4. The highest BCUT2D eigenvalue weighted by Crippen LogP contribution is 2.49. The van der Waals surface area contributed by atoms with Gasteiger partial charge in [0.15, 0.2) is 17.2 Å². The Kier molecular flexibility index (Phi) is 7.09. The summed E-state index contributed by atoms with van der Waals surface area (Å²) < 4.78 is 73.5. The van der Waals surface area contributed by atoms with Gasteiger partial charge in [-0.15, -0.1) is 8.78 Å². The molecule has 2 aromatic carbocycles. The first-order valence-electron chi connectivity index (χ1n) is 14.5. The van der Waals surface area contributed by atoms with Crippen molar-refractivity contribution in [1.82, 2.24) is 15.3 Å². The minimum Gasteiger partial charge on any atom is -0.490 e. The van der Waals surface area contributed by atoms with Crippen LogP contribution in [0.5, 0.6) is 23.0 Å². The van der Waals surface area contributed by atoms with Crippen molar-refractivity contribution in [2.45, 2.75) is 44.5 Å². The molecule has 46 heavy (non-hydrogen) atoms. The number of rotatable bonds is 9. The molecule has 4 heterocycles. The van der Waals surface area contributed by atoms with Crippen LogP contribution in [0.1, 0.15) is 51.9 Å². The fourth-order valence-corrected chi connectivity index (χ4v) is 5.92. The van der Waals surface area contributed by atoms with E-state index in [1.54, 1.807) is 25.1 Å². The van der Waals surface area contributed by atoms with Crippen molar-refractivity contribution in [2.24, 2.45) is 11.7 Å². The van der Waals surface area contributed by atoms with Crippen LogP contribution in [-0.2, 0) is 4.79 Å². The highest BCUT2D eigenvalue weighted by molar-refractivity contribution is 6.00.